The van der Waals surface area contributed by atoms with Crippen LogP contribution in [0.5, 0.6) is 0 Å². The van der Waals surface area contributed by atoms with Crippen LogP contribution in [-0.4, -0.2) is 24.0 Å². The van der Waals surface area contributed by atoms with E-state index in [-0.39, 0.29) is 11.2 Å². The molecule has 0 spiro atoms. The maximum atomic E-state index is 12.3. The highest BCUT2D eigenvalue weighted by Gasteiger charge is 2.24. The molecule has 0 atom stereocenters. The standard InChI is InChI=1S/C16H23N3O2S/c1-12-15(18-22(20,21)11-16(3,4)5)13(2)19(17-12)14-9-7-6-8-10-14/h6-10,18H,11H2,1-5H3. The predicted molar refractivity (Wildman–Crippen MR) is 89.9 cm³/mol. The minimum Gasteiger partial charge on any atom is -0.280 e. The fourth-order valence-electron chi connectivity index (χ4n) is 2.37. The van der Waals surface area contributed by atoms with Crippen LogP contribution < -0.4 is 4.72 Å². The zero-order chi connectivity index (χ0) is 16.5. The molecule has 1 heterocycles. The van der Waals surface area contributed by atoms with Crippen molar-refractivity contribution in [2.24, 2.45) is 5.41 Å². The minimum absolute atomic E-state index is 0.0649. The molecule has 0 radical (unpaired) electrons. The number of hydrogen-bond donors (Lipinski definition) is 1. The molecule has 22 heavy (non-hydrogen) atoms. The number of aromatic nitrogens is 2. The number of sulfonamides is 1. The Morgan fingerprint density at radius 1 is 1.14 bits per heavy atom. The highest BCUT2D eigenvalue weighted by molar-refractivity contribution is 7.92. The third kappa shape index (κ3) is 3.88. The molecule has 2 rings (SSSR count). The average Bonchev–Trinajstić information content (AvgIpc) is 2.64. The molecule has 0 saturated carbocycles. The number of rotatable bonds is 4. The normalized spacial score (nSPS) is 12.4. The molecule has 1 aromatic heterocycles. The van der Waals surface area contributed by atoms with Crippen LogP contribution in [0.2, 0.25) is 0 Å². The van der Waals surface area contributed by atoms with Crippen molar-refractivity contribution in [2.45, 2.75) is 34.6 Å². The van der Waals surface area contributed by atoms with Crippen molar-refractivity contribution in [3.05, 3.63) is 41.7 Å². The van der Waals surface area contributed by atoms with Gasteiger partial charge in [0.15, 0.2) is 0 Å². The van der Waals surface area contributed by atoms with Gasteiger partial charge in [-0.25, -0.2) is 13.1 Å². The van der Waals surface area contributed by atoms with Crippen LogP contribution in [0.1, 0.15) is 32.2 Å². The second kappa shape index (κ2) is 5.76. The summed E-state index contributed by atoms with van der Waals surface area (Å²) in [6, 6.07) is 9.66. The zero-order valence-corrected chi connectivity index (χ0v) is 14.5. The molecule has 5 nitrogen and oxygen atoms in total. The highest BCUT2D eigenvalue weighted by Crippen LogP contribution is 2.25. The van der Waals surface area contributed by atoms with E-state index >= 15 is 0 Å². The van der Waals surface area contributed by atoms with E-state index in [2.05, 4.69) is 9.82 Å². The van der Waals surface area contributed by atoms with Crippen LogP contribution in [0.4, 0.5) is 5.69 Å². The Hall–Kier alpha value is -1.82. The first-order valence-corrected chi connectivity index (χ1v) is 8.86. The minimum atomic E-state index is -3.41. The van der Waals surface area contributed by atoms with Crippen molar-refractivity contribution in [2.75, 3.05) is 10.5 Å². The molecular weight excluding hydrogens is 298 g/mol. The van der Waals surface area contributed by atoms with E-state index < -0.39 is 10.0 Å². The fourth-order valence-corrected chi connectivity index (χ4v) is 4.19. The van der Waals surface area contributed by atoms with Gasteiger partial charge in [-0.05, 0) is 31.4 Å². The Morgan fingerprint density at radius 3 is 2.27 bits per heavy atom. The van der Waals surface area contributed by atoms with Crippen LogP contribution in [0.25, 0.3) is 5.69 Å². The first-order chi connectivity index (χ1) is 10.1. The molecule has 0 aliphatic heterocycles. The lowest BCUT2D eigenvalue weighted by atomic mass is 10.0. The SMILES string of the molecule is Cc1nn(-c2ccccc2)c(C)c1NS(=O)(=O)CC(C)(C)C. The summed E-state index contributed by atoms with van der Waals surface area (Å²) in [6.45, 7) is 9.38. The van der Waals surface area contributed by atoms with Gasteiger partial charge in [0.05, 0.1) is 28.5 Å². The van der Waals surface area contributed by atoms with E-state index in [4.69, 9.17) is 0 Å². The van der Waals surface area contributed by atoms with Crippen molar-refractivity contribution in [3.63, 3.8) is 0 Å². The molecule has 2 aromatic rings. The first-order valence-electron chi connectivity index (χ1n) is 7.21. The Kier molecular flexibility index (Phi) is 4.33. The van der Waals surface area contributed by atoms with Crippen molar-refractivity contribution < 1.29 is 8.42 Å². The zero-order valence-electron chi connectivity index (χ0n) is 13.7. The molecular formula is C16H23N3O2S. The van der Waals surface area contributed by atoms with Crippen LogP contribution in [0.15, 0.2) is 30.3 Å². The summed E-state index contributed by atoms with van der Waals surface area (Å²) < 4.78 is 29.1. The van der Waals surface area contributed by atoms with Gasteiger partial charge in [0.1, 0.15) is 0 Å². The molecule has 0 amide bonds. The van der Waals surface area contributed by atoms with Gasteiger partial charge in [-0.3, -0.25) is 4.72 Å². The Bertz CT molecular complexity index is 757. The molecule has 0 aliphatic carbocycles. The number of nitrogens with one attached hydrogen (secondary N) is 1. The number of benzene rings is 1. The maximum absolute atomic E-state index is 12.3. The molecule has 1 N–H and O–H groups in total. The van der Waals surface area contributed by atoms with Gasteiger partial charge in [0, 0.05) is 0 Å². The number of nitrogens with zero attached hydrogens (tertiary/aromatic N) is 2. The van der Waals surface area contributed by atoms with Gasteiger partial charge < -0.3 is 0 Å². The lowest BCUT2D eigenvalue weighted by molar-refractivity contribution is 0.463. The van der Waals surface area contributed by atoms with E-state index in [9.17, 15) is 8.42 Å². The highest BCUT2D eigenvalue weighted by atomic mass is 32.2. The van der Waals surface area contributed by atoms with Gasteiger partial charge in [0.25, 0.3) is 0 Å². The van der Waals surface area contributed by atoms with Crippen molar-refractivity contribution in [1.82, 2.24) is 9.78 Å². The molecule has 1 aromatic carbocycles. The second-order valence-electron chi connectivity index (χ2n) is 6.71. The van der Waals surface area contributed by atoms with E-state index in [0.717, 1.165) is 11.4 Å². The predicted octanol–water partition coefficient (Wildman–Crippen LogP) is 3.28. The number of hydrogen-bond acceptors (Lipinski definition) is 3. The van der Waals surface area contributed by atoms with E-state index in [1.54, 1.807) is 11.6 Å². The summed E-state index contributed by atoms with van der Waals surface area (Å²) in [4.78, 5) is 0. The molecule has 0 aliphatic rings. The Labute approximate surface area is 132 Å². The van der Waals surface area contributed by atoms with E-state index in [1.807, 2.05) is 58.0 Å². The lowest BCUT2D eigenvalue weighted by Crippen LogP contribution is -2.26. The van der Waals surface area contributed by atoms with Crippen LogP contribution in [-0.2, 0) is 10.0 Å². The summed E-state index contributed by atoms with van der Waals surface area (Å²) in [5, 5.41) is 4.45. The van der Waals surface area contributed by atoms with Gasteiger partial charge in [0.2, 0.25) is 10.0 Å². The molecule has 0 unspecified atom stereocenters. The summed E-state index contributed by atoms with van der Waals surface area (Å²) in [7, 11) is -3.41. The smallest absolute Gasteiger partial charge is 0.233 e. The first kappa shape index (κ1) is 16.5. The van der Waals surface area contributed by atoms with Crippen LogP contribution in [0.3, 0.4) is 0 Å². The van der Waals surface area contributed by atoms with Crippen molar-refractivity contribution in [3.8, 4) is 5.69 Å². The number of aryl methyl sites for hydroxylation is 1. The molecule has 0 bridgehead atoms. The quantitative estimate of drug-likeness (QED) is 0.940. The van der Waals surface area contributed by atoms with Crippen molar-refractivity contribution in [1.29, 1.82) is 0 Å². The average molecular weight is 321 g/mol. The van der Waals surface area contributed by atoms with Gasteiger partial charge in [-0.1, -0.05) is 39.0 Å². The Morgan fingerprint density at radius 2 is 1.73 bits per heavy atom. The van der Waals surface area contributed by atoms with E-state index in [0.29, 0.717) is 11.4 Å². The monoisotopic (exact) mass is 321 g/mol. The lowest BCUT2D eigenvalue weighted by Gasteiger charge is -2.18. The Balaban J connectivity index is 2.36. The summed E-state index contributed by atoms with van der Waals surface area (Å²) in [5.41, 5.74) is 2.61. The summed E-state index contributed by atoms with van der Waals surface area (Å²) >= 11 is 0. The van der Waals surface area contributed by atoms with Gasteiger partial charge in [-0.2, -0.15) is 5.10 Å². The van der Waals surface area contributed by atoms with Crippen LogP contribution in [0, 0.1) is 19.3 Å². The number of para-hydroxylation sites is 1. The van der Waals surface area contributed by atoms with Crippen molar-refractivity contribution >= 4 is 15.7 Å². The third-order valence-corrected chi connectivity index (χ3v) is 4.93. The summed E-state index contributed by atoms with van der Waals surface area (Å²) in [6.07, 6.45) is 0. The fraction of sp³-hybridized carbons (Fsp3) is 0.438. The summed E-state index contributed by atoms with van der Waals surface area (Å²) in [5.74, 6) is 0.0649. The molecule has 0 saturated heterocycles. The van der Waals surface area contributed by atoms with Crippen LogP contribution >= 0.6 is 0 Å². The topological polar surface area (TPSA) is 64.0 Å². The maximum Gasteiger partial charge on any atom is 0.233 e. The third-order valence-electron chi connectivity index (χ3n) is 3.17. The molecule has 6 heteroatoms. The second-order valence-corrected chi connectivity index (χ2v) is 8.44. The number of anilines is 1. The van der Waals surface area contributed by atoms with E-state index in [1.165, 1.54) is 0 Å². The molecule has 0 fully saturated rings. The van der Waals surface area contributed by atoms with Gasteiger partial charge >= 0.3 is 0 Å². The molecule has 120 valence electrons. The van der Waals surface area contributed by atoms with Gasteiger partial charge in [-0.15, -0.1) is 0 Å². The largest absolute Gasteiger partial charge is 0.280 e.